The van der Waals surface area contributed by atoms with Crippen LogP contribution in [0.2, 0.25) is 10.0 Å². The van der Waals surface area contributed by atoms with Crippen molar-refractivity contribution < 1.29 is 18.0 Å². The highest BCUT2D eigenvalue weighted by Crippen LogP contribution is 2.30. The second kappa shape index (κ2) is 7.43. The molecule has 0 unspecified atom stereocenters. The Morgan fingerprint density at radius 3 is 2.62 bits per heavy atom. The Kier molecular flexibility index (Phi) is 5.75. The smallest absolute Gasteiger partial charge is 0.317 e. The first-order valence-corrected chi connectivity index (χ1v) is 8.05. The number of thiazole rings is 1. The third-order valence-electron chi connectivity index (χ3n) is 2.83. The average molecular weight is 393 g/mol. The Bertz CT molecular complexity index is 799. The summed E-state index contributed by atoms with van der Waals surface area (Å²) in [5, 5.41) is 2.48. The molecule has 1 aromatic heterocycles. The summed E-state index contributed by atoms with van der Waals surface area (Å²) in [6.07, 6.45) is 0.488. The zero-order valence-corrected chi connectivity index (χ0v) is 14.2. The average Bonchev–Trinajstić information content (AvgIpc) is 2.97. The van der Waals surface area contributed by atoms with E-state index >= 15 is 0 Å². The number of rotatable bonds is 4. The molecule has 0 aliphatic heterocycles. The van der Waals surface area contributed by atoms with Crippen molar-refractivity contribution >= 4 is 40.4 Å². The van der Waals surface area contributed by atoms with Crippen LogP contribution < -0.4 is 0 Å². The summed E-state index contributed by atoms with van der Waals surface area (Å²) >= 11 is 12.9. The van der Waals surface area contributed by atoms with E-state index in [1.807, 2.05) is 5.92 Å². The predicted octanol–water partition coefficient (Wildman–Crippen LogP) is 4.75. The van der Waals surface area contributed by atoms with E-state index in [4.69, 9.17) is 29.6 Å². The van der Waals surface area contributed by atoms with Crippen molar-refractivity contribution in [3.8, 4) is 22.9 Å². The third-order valence-corrected chi connectivity index (χ3v) is 4.46. The second-order valence-corrected chi connectivity index (χ2v) is 6.32. The van der Waals surface area contributed by atoms with Gasteiger partial charge in [0.1, 0.15) is 17.2 Å². The molecular formula is C15H9Cl2F3N2OS. The molecule has 0 aliphatic carbocycles. The minimum atomic E-state index is -4.55. The summed E-state index contributed by atoms with van der Waals surface area (Å²) in [6, 6.07) is 4.78. The van der Waals surface area contributed by atoms with Crippen molar-refractivity contribution in [1.82, 2.24) is 9.88 Å². The molecule has 0 radical (unpaired) electrons. The van der Waals surface area contributed by atoms with E-state index in [2.05, 4.69) is 4.98 Å². The summed E-state index contributed by atoms with van der Waals surface area (Å²) in [5.41, 5.74) is 0.494. The molecule has 0 saturated heterocycles. The van der Waals surface area contributed by atoms with Gasteiger partial charge < -0.3 is 4.90 Å². The van der Waals surface area contributed by atoms with Gasteiger partial charge in [-0.15, -0.1) is 17.8 Å². The molecular weight excluding hydrogens is 384 g/mol. The molecule has 126 valence electrons. The lowest BCUT2D eigenvalue weighted by Crippen LogP contribution is -2.39. The number of alkyl halides is 3. The first-order valence-electron chi connectivity index (χ1n) is 6.41. The van der Waals surface area contributed by atoms with Gasteiger partial charge in [-0.1, -0.05) is 35.2 Å². The standard InChI is InChI=1S/C15H9Cl2F3N2OS/c1-2-5-22(8-15(18,19)20)14(23)12-7-24-13(21-12)9-3-4-10(16)11(17)6-9/h1,3-4,6-7H,5,8H2. The lowest BCUT2D eigenvalue weighted by molar-refractivity contribution is -0.139. The largest absolute Gasteiger partial charge is 0.406 e. The molecule has 1 amide bonds. The number of hydrogen-bond acceptors (Lipinski definition) is 3. The molecule has 0 N–H and O–H groups in total. The van der Waals surface area contributed by atoms with Gasteiger partial charge in [0, 0.05) is 10.9 Å². The van der Waals surface area contributed by atoms with E-state index < -0.39 is 25.2 Å². The fourth-order valence-electron chi connectivity index (χ4n) is 1.82. The van der Waals surface area contributed by atoms with Gasteiger partial charge in [-0.25, -0.2) is 4.98 Å². The Labute approximate surface area is 150 Å². The van der Waals surface area contributed by atoms with Crippen LogP contribution >= 0.6 is 34.5 Å². The number of carbonyl (C=O) groups excluding carboxylic acids is 1. The monoisotopic (exact) mass is 392 g/mol. The molecule has 3 nitrogen and oxygen atoms in total. The maximum Gasteiger partial charge on any atom is 0.406 e. The molecule has 0 bridgehead atoms. The van der Waals surface area contributed by atoms with Crippen molar-refractivity contribution in [2.45, 2.75) is 6.18 Å². The van der Waals surface area contributed by atoms with Crippen molar-refractivity contribution in [2.75, 3.05) is 13.1 Å². The van der Waals surface area contributed by atoms with Crippen LogP contribution in [0.25, 0.3) is 10.6 Å². The van der Waals surface area contributed by atoms with Gasteiger partial charge in [0.2, 0.25) is 0 Å². The van der Waals surface area contributed by atoms with Gasteiger partial charge in [0.05, 0.1) is 16.6 Å². The highest BCUT2D eigenvalue weighted by atomic mass is 35.5. The number of nitrogens with zero attached hydrogens (tertiary/aromatic N) is 2. The number of carbonyl (C=O) groups is 1. The van der Waals surface area contributed by atoms with E-state index in [9.17, 15) is 18.0 Å². The van der Waals surface area contributed by atoms with Crippen molar-refractivity contribution in [1.29, 1.82) is 0 Å². The van der Waals surface area contributed by atoms with Gasteiger partial charge in [-0.3, -0.25) is 4.79 Å². The number of hydrogen-bond donors (Lipinski definition) is 0. The highest BCUT2D eigenvalue weighted by molar-refractivity contribution is 7.13. The minimum Gasteiger partial charge on any atom is -0.317 e. The minimum absolute atomic E-state index is 0.111. The molecule has 0 atom stereocenters. The molecule has 0 fully saturated rings. The van der Waals surface area contributed by atoms with Gasteiger partial charge >= 0.3 is 6.18 Å². The zero-order valence-electron chi connectivity index (χ0n) is 11.9. The summed E-state index contributed by atoms with van der Waals surface area (Å²) in [5.74, 6) is 1.16. The van der Waals surface area contributed by atoms with Gasteiger partial charge in [0.25, 0.3) is 5.91 Å². The topological polar surface area (TPSA) is 33.2 Å². The summed E-state index contributed by atoms with van der Waals surface area (Å²) in [4.78, 5) is 16.8. The number of aromatic nitrogens is 1. The molecule has 9 heteroatoms. The number of amides is 1. The number of benzene rings is 1. The van der Waals surface area contributed by atoms with E-state index in [-0.39, 0.29) is 5.69 Å². The molecule has 2 rings (SSSR count). The first kappa shape index (κ1) is 18.6. The Hall–Kier alpha value is -1.75. The van der Waals surface area contributed by atoms with Crippen LogP contribution in [0.4, 0.5) is 13.2 Å². The maximum absolute atomic E-state index is 12.6. The fourth-order valence-corrected chi connectivity index (χ4v) is 2.91. The summed E-state index contributed by atoms with van der Waals surface area (Å²) in [6.45, 7) is -1.90. The maximum atomic E-state index is 12.6. The van der Waals surface area contributed by atoms with E-state index in [1.165, 1.54) is 5.38 Å². The SMILES string of the molecule is C#CCN(CC(F)(F)F)C(=O)c1csc(-c2ccc(Cl)c(Cl)c2)n1. The first-order chi connectivity index (χ1) is 11.2. The quantitative estimate of drug-likeness (QED) is 0.703. The van der Waals surface area contributed by atoms with Crippen LogP contribution in [0.5, 0.6) is 0 Å². The van der Waals surface area contributed by atoms with Crippen LogP contribution in [0.3, 0.4) is 0 Å². The summed E-state index contributed by atoms with van der Waals surface area (Å²) in [7, 11) is 0. The molecule has 1 aromatic carbocycles. The molecule has 1 heterocycles. The van der Waals surface area contributed by atoms with Crippen LogP contribution in [-0.4, -0.2) is 35.1 Å². The third kappa shape index (κ3) is 4.63. The van der Waals surface area contributed by atoms with Crippen molar-refractivity contribution in [3.05, 3.63) is 39.3 Å². The van der Waals surface area contributed by atoms with E-state index in [1.54, 1.807) is 18.2 Å². The van der Waals surface area contributed by atoms with E-state index in [0.717, 1.165) is 11.3 Å². The number of halogens is 5. The molecule has 0 aliphatic rings. The zero-order chi connectivity index (χ0) is 17.9. The molecule has 0 spiro atoms. The fraction of sp³-hybridized carbons (Fsp3) is 0.200. The predicted molar refractivity (Wildman–Crippen MR) is 88.4 cm³/mol. The molecule has 0 saturated carbocycles. The van der Waals surface area contributed by atoms with Crippen LogP contribution in [0.15, 0.2) is 23.6 Å². The van der Waals surface area contributed by atoms with Crippen LogP contribution in [-0.2, 0) is 0 Å². The molecule has 2 aromatic rings. The van der Waals surface area contributed by atoms with Gasteiger partial charge in [-0.05, 0) is 12.1 Å². The Morgan fingerprint density at radius 1 is 1.33 bits per heavy atom. The normalized spacial score (nSPS) is 11.2. The lowest BCUT2D eigenvalue weighted by Gasteiger charge is -2.20. The Balaban J connectivity index is 2.26. The van der Waals surface area contributed by atoms with Crippen LogP contribution in [0, 0.1) is 12.3 Å². The number of terminal acetylenes is 1. The van der Waals surface area contributed by atoms with Crippen molar-refractivity contribution in [3.63, 3.8) is 0 Å². The van der Waals surface area contributed by atoms with Gasteiger partial charge in [-0.2, -0.15) is 13.2 Å². The lowest BCUT2D eigenvalue weighted by atomic mass is 10.2. The Morgan fingerprint density at radius 2 is 2.04 bits per heavy atom. The highest BCUT2D eigenvalue weighted by Gasteiger charge is 2.33. The summed E-state index contributed by atoms with van der Waals surface area (Å²) < 4.78 is 37.7. The van der Waals surface area contributed by atoms with E-state index in [0.29, 0.717) is 25.5 Å². The molecule has 24 heavy (non-hydrogen) atoms. The van der Waals surface area contributed by atoms with Gasteiger partial charge in [0.15, 0.2) is 0 Å². The second-order valence-electron chi connectivity index (χ2n) is 4.65. The van der Waals surface area contributed by atoms with Crippen LogP contribution in [0.1, 0.15) is 10.5 Å². The van der Waals surface area contributed by atoms with Crippen molar-refractivity contribution in [2.24, 2.45) is 0 Å².